The average Bonchev–Trinajstić information content (AvgIpc) is 3.23. The molecule has 152 valence electrons. The number of methoxy groups -OCH3 is 1. The zero-order chi connectivity index (χ0) is 20.3. The summed E-state index contributed by atoms with van der Waals surface area (Å²) >= 11 is 0. The third-order valence-electron chi connectivity index (χ3n) is 4.89. The molecule has 1 aliphatic heterocycles. The van der Waals surface area contributed by atoms with E-state index in [2.05, 4.69) is 15.1 Å². The Morgan fingerprint density at radius 2 is 1.96 bits per heavy atom. The lowest BCUT2D eigenvalue weighted by molar-refractivity contribution is -0.385. The topological polar surface area (TPSA) is 112 Å². The maximum absolute atomic E-state index is 12.5. The number of hydrogen-bond acceptors (Lipinski definition) is 7. The Balaban J connectivity index is 1.47. The van der Waals surface area contributed by atoms with Crippen molar-refractivity contribution in [2.24, 2.45) is 7.05 Å². The highest BCUT2D eigenvalue weighted by atomic mass is 16.6. The molecule has 0 spiro atoms. The van der Waals surface area contributed by atoms with Crippen LogP contribution in [0, 0.1) is 17.0 Å². The lowest BCUT2D eigenvalue weighted by Crippen LogP contribution is -2.48. The number of nitrogens with zero attached hydrogens (tertiary/aromatic N) is 7. The van der Waals surface area contributed by atoms with Crippen molar-refractivity contribution in [2.75, 3.05) is 33.3 Å². The summed E-state index contributed by atoms with van der Waals surface area (Å²) in [4.78, 5) is 27.0. The Labute approximate surface area is 162 Å². The first-order valence-electron chi connectivity index (χ1n) is 9.12. The van der Waals surface area contributed by atoms with E-state index in [1.54, 1.807) is 0 Å². The Bertz CT molecular complexity index is 852. The van der Waals surface area contributed by atoms with Crippen LogP contribution >= 0.6 is 0 Å². The molecule has 3 rings (SSSR count). The van der Waals surface area contributed by atoms with Crippen LogP contribution in [-0.2, 0) is 24.9 Å². The molecule has 1 aliphatic rings. The van der Waals surface area contributed by atoms with Gasteiger partial charge in [0, 0.05) is 58.0 Å². The van der Waals surface area contributed by atoms with Gasteiger partial charge in [-0.05, 0) is 6.92 Å². The molecule has 0 unspecified atom stereocenters. The van der Waals surface area contributed by atoms with Crippen molar-refractivity contribution in [1.29, 1.82) is 0 Å². The first kappa shape index (κ1) is 19.8. The van der Waals surface area contributed by atoms with Crippen molar-refractivity contribution < 1.29 is 14.5 Å². The van der Waals surface area contributed by atoms with Crippen LogP contribution in [0.1, 0.15) is 17.7 Å². The van der Waals surface area contributed by atoms with Gasteiger partial charge >= 0.3 is 11.6 Å². The summed E-state index contributed by atoms with van der Waals surface area (Å²) in [6, 6.07) is 0. The number of amides is 1. The van der Waals surface area contributed by atoms with Gasteiger partial charge in [-0.2, -0.15) is 5.10 Å². The molecule has 1 saturated heterocycles. The lowest BCUT2D eigenvalue weighted by Gasteiger charge is -2.34. The van der Waals surface area contributed by atoms with Gasteiger partial charge in [-0.15, -0.1) is 5.10 Å². The molecule has 2 aromatic heterocycles. The van der Waals surface area contributed by atoms with Crippen molar-refractivity contribution in [2.45, 2.75) is 26.4 Å². The van der Waals surface area contributed by atoms with E-state index in [4.69, 9.17) is 4.74 Å². The molecule has 0 aliphatic carbocycles. The number of hydrogen-bond donors (Lipinski definition) is 0. The van der Waals surface area contributed by atoms with Crippen LogP contribution in [0.15, 0.2) is 12.4 Å². The molecule has 0 saturated carbocycles. The van der Waals surface area contributed by atoms with E-state index in [0.29, 0.717) is 13.1 Å². The van der Waals surface area contributed by atoms with Gasteiger partial charge in [0.25, 0.3) is 0 Å². The lowest BCUT2D eigenvalue weighted by atomic mass is 10.2. The van der Waals surface area contributed by atoms with Crippen molar-refractivity contribution in [3.05, 3.63) is 33.8 Å². The Morgan fingerprint density at radius 3 is 2.50 bits per heavy atom. The fourth-order valence-electron chi connectivity index (χ4n) is 3.35. The van der Waals surface area contributed by atoms with Crippen molar-refractivity contribution in [3.63, 3.8) is 0 Å². The summed E-state index contributed by atoms with van der Waals surface area (Å²) in [5, 5.41) is 19.3. The van der Waals surface area contributed by atoms with Crippen LogP contribution in [0.5, 0.6) is 5.88 Å². The van der Waals surface area contributed by atoms with Gasteiger partial charge in [0.2, 0.25) is 5.91 Å². The molecule has 28 heavy (non-hydrogen) atoms. The molecule has 11 nitrogen and oxygen atoms in total. The number of carbonyl (C=O) groups excluding carboxylic acids is 1. The number of nitro groups is 1. The number of aryl methyl sites for hydroxylation is 3. The predicted molar refractivity (Wildman–Crippen MR) is 99.9 cm³/mol. The number of aromatic nitrogens is 4. The fourth-order valence-corrected chi connectivity index (χ4v) is 3.35. The first-order valence-corrected chi connectivity index (χ1v) is 9.12. The second kappa shape index (κ2) is 8.38. The predicted octanol–water partition coefficient (Wildman–Crippen LogP) is 0.576. The van der Waals surface area contributed by atoms with E-state index in [9.17, 15) is 14.9 Å². The van der Waals surface area contributed by atoms with E-state index in [1.807, 2.05) is 29.7 Å². The highest BCUT2D eigenvalue weighted by Crippen LogP contribution is 2.24. The highest BCUT2D eigenvalue weighted by Gasteiger charge is 2.23. The minimum absolute atomic E-state index is 0.0225. The van der Waals surface area contributed by atoms with Gasteiger partial charge in [-0.25, -0.2) is 0 Å². The highest BCUT2D eigenvalue weighted by molar-refractivity contribution is 5.76. The Kier molecular flexibility index (Phi) is 5.93. The minimum Gasteiger partial charge on any atom is -0.475 e. The van der Waals surface area contributed by atoms with Crippen molar-refractivity contribution in [3.8, 4) is 5.88 Å². The van der Waals surface area contributed by atoms with Gasteiger partial charge < -0.3 is 9.64 Å². The summed E-state index contributed by atoms with van der Waals surface area (Å²) in [6.07, 6.45) is 3.56. The maximum atomic E-state index is 12.5. The van der Waals surface area contributed by atoms with E-state index in [0.717, 1.165) is 25.3 Å². The molecule has 11 heteroatoms. The largest absolute Gasteiger partial charge is 0.475 e. The third-order valence-corrected chi connectivity index (χ3v) is 4.89. The minimum atomic E-state index is -0.548. The van der Waals surface area contributed by atoms with Crippen LogP contribution in [0.2, 0.25) is 0 Å². The molecule has 0 atom stereocenters. The van der Waals surface area contributed by atoms with Crippen LogP contribution in [-0.4, -0.2) is 73.5 Å². The van der Waals surface area contributed by atoms with Gasteiger partial charge in [0.1, 0.15) is 6.20 Å². The van der Waals surface area contributed by atoms with E-state index in [1.165, 1.54) is 23.6 Å². The molecule has 2 aromatic rings. The molecule has 0 N–H and O–H groups in total. The number of ether oxygens (including phenoxy) is 1. The van der Waals surface area contributed by atoms with Crippen molar-refractivity contribution >= 4 is 11.6 Å². The summed E-state index contributed by atoms with van der Waals surface area (Å²) in [5.41, 5.74) is 2.04. The molecule has 0 aromatic carbocycles. The van der Waals surface area contributed by atoms with E-state index in [-0.39, 0.29) is 30.4 Å². The zero-order valence-corrected chi connectivity index (χ0v) is 16.4. The second-order valence-electron chi connectivity index (χ2n) is 6.86. The molecule has 0 radical (unpaired) electrons. The molecule has 3 heterocycles. The smallest absolute Gasteiger partial charge is 0.350 e. The van der Waals surface area contributed by atoms with Crippen LogP contribution in [0.25, 0.3) is 0 Å². The van der Waals surface area contributed by atoms with Gasteiger partial charge in [0.05, 0.1) is 24.3 Å². The number of piperazine rings is 1. The van der Waals surface area contributed by atoms with E-state index >= 15 is 0 Å². The summed E-state index contributed by atoms with van der Waals surface area (Å²) in [5.74, 6) is -0.0221. The SMILES string of the molecule is COc1nn(CCC(=O)N2CCN(Cc3cn(C)nc3C)CC2)cc1[N+](=O)[O-]. The van der Waals surface area contributed by atoms with E-state index < -0.39 is 4.92 Å². The van der Waals surface area contributed by atoms with Gasteiger partial charge in [-0.1, -0.05) is 0 Å². The van der Waals surface area contributed by atoms with Crippen molar-refractivity contribution in [1.82, 2.24) is 29.4 Å². The summed E-state index contributed by atoms with van der Waals surface area (Å²) in [7, 11) is 3.24. The quantitative estimate of drug-likeness (QED) is 0.501. The standard InChI is InChI=1S/C17H25N7O4/c1-13-14(10-20(2)18-13)11-21-6-8-22(9-7-21)16(25)4-5-23-12-15(24(26)27)17(19-23)28-3/h10,12H,4-9,11H2,1-3H3. The molecular weight excluding hydrogens is 366 g/mol. The first-order chi connectivity index (χ1) is 13.4. The van der Waals surface area contributed by atoms with Crippen LogP contribution < -0.4 is 4.74 Å². The molecule has 0 bridgehead atoms. The maximum Gasteiger partial charge on any atom is 0.350 e. The second-order valence-corrected chi connectivity index (χ2v) is 6.86. The van der Waals surface area contributed by atoms with Crippen LogP contribution in [0.4, 0.5) is 5.69 Å². The average molecular weight is 391 g/mol. The molecular formula is C17H25N7O4. The van der Waals surface area contributed by atoms with Crippen LogP contribution in [0.3, 0.4) is 0 Å². The monoisotopic (exact) mass is 391 g/mol. The zero-order valence-electron chi connectivity index (χ0n) is 16.4. The Morgan fingerprint density at radius 1 is 1.25 bits per heavy atom. The fraction of sp³-hybridized carbons (Fsp3) is 0.588. The number of rotatable bonds is 7. The summed E-state index contributed by atoms with van der Waals surface area (Å²) in [6.45, 7) is 6.06. The normalized spacial score (nSPS) is 15.0. The third kappa shape index (κ3) is 4.47. The number of carbonyl (C=O) groups is 1. The summed E-state index contributed by atoms with van der Waals surface area (Å²) < 4.78 is 8.10. The molecule has 1 amide bonds. The Hall–Kier alpha value is -2.95. The van der Waals surface area contributed by atoms with Gasteiger partial charge in [0.15, 0.2) is 0 Å². The van der Waals surface area contributed by atoms with Gasteiger partial charge in [-0.3, -0.25) is 29.2 Å². The molecule has 1 fully saturated rings.